The fourth-order valence-electron chi connectivity index (χ4n) is 3.24. The number of carbonyl (C=O) groups excluding carboxylic acids is 2. The summed E-state index contributed by atoms with van der Waals surface area (Å²) in [6.07, 6.45) is 7.16. The van der Waals surface area contributed by atoms with Crippen molar-refractivity contribution >= 4 is 11.9 Å². The first-order valence-electron chi connectivity index (χ1n) is 8.47. The first-order valence-corrected chi connectivity index (χ1v) is 8.47. The van der Waals surface area contributed by atoms with Gasteiger partial charge in [0.2, 0.25) is 0 Å². The van der Waals surface area contributed by atoms with E-state index in [0.29, 0.717) is 19.6 Å². The van der Waals surface area contributed by atoms with Gasteiger partial charge in [0.1, 0.15) is 0 Å². The lowest BCUT2D eigenvalue weighted by molar-refractivity contribution is -0.179. The Morgan fingerprint density at radius 1 is 0.905 bits per heavy atom. The number of esters is 2. The molecular formula is C17H30O4. The molecule has 0 aromatic heterocycles. The predicted molar refractivity (Wildman–Crippen MR) is 81.8 cm³/mol. The van der Waals surface area contributed by atoms with E-state index in [-0.39, 0.29) is 17.9 Å². The molecule has 1 aliphatic carbocycles. The maximum absolute atomic E-state index is 12.6. The van der Waals surface area contributed by atoms with Gasteiger partial charge in [-0.05, 0) is 38.0 Å². The molecule has 0 amide bonds. The third-order valence-electron chi connectivity index (χ3n) is 4.46. The van der Waals surface area contributed by atoms with Crippen LogP contribution in [0.25, 0.3) is 0 Å². The molecule has 0 aliphatic heterocycles. The van der Waals surface area contributed by atoms with Crippen molar-refractivity contribution in [1.29, 1.82) is 0 Å². The smallest absolute Gasteiger partial charge is 0.323 e. The summed E-state index contributed by atoms with van der Waals surface area (Å²) in [6.45, 7) is 6.55. The van der Waals surface area contributed by atoms with Gasteiger partial charge in [-0.1, -0.05) is 40.0 Å². The normalized spacial score (nSPS) is 16.5. The molecule has 0 aromatic rings. The number of rotatable bonds is 8. The van der Waals surface area contributed by atoms with E-state index in [9.17, 15) is 9.59 Å². The molecule has 4 nitrogen and oxygen atoms in total. The van der Waals surface area contributed by atoms with Crippen molar-refractivity contribution in [3.8, 4) is 0 Å². The highest BCUT2D eigenvalue weighted by atomic mass is 16.6. The molecule has 1 rings (SSSR count). The van der Waals surface area contributed by atoms with Crippen molar-refractivity contribution in [2.45, 2.75) is 72.1 Å². The van der Waals surface area contributed by atoms with Crippen LogP contribution in [0.15, 0.2) is 0 Å². The molecular weight excluding hydrogens is 268 g/mol. The Bertz CT molecular complexity index is 312. The summed E-state index contributed by atoms with van der Waals surface area (Å²) in [5.74, 6) is -0.690. The molecule has 0 unspecified atom stereocenters. The molecule has 0 radical (unpaired) electrons. The van der Waals surface area contributed by atoms with Gasteiger partial charge in [-0.3, -0.25) is 9.59 Å². The first kappa shape index (κ1) is 18.0. The van der Waals surface area contributed by atoms with Gasteiger partial charge in [-0.2, -0.15) is 0 Å². The van der Waals surface area contributed by atoms with Crippen molar-refractivity contribution in [1.82, 2.24) is 0 Å². The van der Waals surface area contributed by atoms with E-state index in [1.165, 1.54) is 6.42 Å². The zero-order chi connectivity index (χ0) is 15.7. The van der Waals surface area contributed by atoms with Crippen LogP contribution in [0.4, 0.5) is 0 Å². The maximum atomic E-state index is 12.6. The molecule has 0 heterocycles. The molecule has 1 aliphatic rings. The van der Waals surface area contributed by atoms with Gasteiger partial charge in [-0.25, -0.2) is 0 Å². The highest BCUT2D eigenvalue weighted by Crippen LogP contribution is 2.43. The molecule has 122 valence electrons. The summed E-state index contributed by atoms with van der Waals surface area (Å²) in [4.78, 5) is 25.3. The van der Waals surface area contributed by atoms with Crippen LogP contribution in [0.5, 0.6) is 0 Å². The summed E-state index contributed by atoms with van der Waals surface area (Å²) >= 11 is 0. The fourth-order valence-corrected chi connectivity index (χ4v) is 3.24. The van der Waals surface area contributed by atoms with Crippen molar-refractivity contribution in [3.05, 3.63) is 0 Å². The topological polar surface area (TPSA) is 52.6 Å². The molecule has 0 spiro atoms. The number of hydrogen-bond acceptors (Lipinski definition) is 4. The maximum Gasteiger partial charge on any atom is 0.323 e. The fraction of sp³-hybridized carbons (Fsp3) is 0.882. The Balaban J connectivity index is 2.98. The van der Waals surface area contributed by atoms with Gasteiger partial charge < -0.3 is 9.47 Å². The average molecular weight is 298 g/mol. The summed E-state index contributed by atoms with van der Waals surface area (Å²) in [5, 5.41) is 0. The van der Waals surface area contributed by atoms with Gasteiger partial charge in [0.05, 0.1) is 13.2 Å². The summed E-state index contributed by atoms with van der Waals surface area (Å²) in [7, 11) is 0. The minimum Gasteiger partial charge on any atom is -0.465 e. The Morgan fingerprint density at radius 2 is 1.38 bits per heavy atom. The van der Waals surface area contributed by atoms with Crippen molar-refractivity contribution in [2.75, 3.05) is 13.2 Å². The van der Waals surface area contributed by atoms with Crippen LogP contribution in [0.1, 0.15) is 72.1 Å². The quantitative estimate of drug-likeness (QED) is 0.504. The summed E-state index contributed by atoms with van der Waals surface area (Å²) < 4.78 is 10.7. The first-order chi connectivity index (χ1) is 10.1. The predicted octanol–water partition coefficient (Wildman–Crippen LogP) is 3.87. The lowest BCUT2D eigenvalue weighted by Crippen LogP contribution is -2.48. The van der Waals surface area contributed by atoms with Crippen molar-refractivity contribution in [2.24, 2.45) is 11.3 Å². The Kier molecular flexibility index (Phi) is 7.76. The van der Waals surface area contributed by atoms with E-state index >= 15 is 0 Å². The molecule has 21 heavy (non-hydrogen) atoms. The third-order valence-corrected chi connectivity index (χ3v) is 4.46. The van der Waals surface area contributed by atoms with E-state index in [0.717, 1.165) is 38.5 Å². The van der Waals surface area contributed by atoms with Crippen LogP contribution in [-0.4, -0.2) is 25.2 Å². The molecule has 4 heteroatoms. The van der Waals surface area contributed by atoms with Crippen LogP contribution in [0.2, 0.25) is 0 Å². The average Bonchev–Trinajstić information content (AvgIpc) is 2.53. The standard InChI is InChI=1S/C17H30O4/c1-4-12-20-15(18)17(6-3,16(19)21-13-5-2)14-10-8-7-9-11-14/h14H,4-13H2,1-3H3. The van der Waals surface area contributed by atoms with Gasteiger partial charge in [0, 0.05) is 0 Å². The third kappa shape index (κ3) is 4.21. The highest BCUT2D eigenvalue weighted by molar-refractivity contribution is 6.00. The van der Waals surface area contributed by atoms with Crippen LogP contribution < -0.4 is 0 Å². The number of hydrogen-bond donors (Lipinski definition) is 0. The molecule has 0 N–H and O–H groups in total. The Morgan fingerprint density at radius 3 is 1.76 bits per heavy atom. The zero-order valence-corrected chi connectivity index (χ0v) is 13.8. The van der Waals surface area contributed by atoms with E-state index in [1.807, 2.05) is 20.8 Å². The molecule has 0 saturated heterocycles. The SMILES string of the molecule is CCCOC(=O)C(CC)(C(=O)OCCC)C1CCCCC1. The Hall–Kier alpha value is -1.06. The lowest BCUT2D eigenvalue weighted by Gasteiger charge is -2.37. The minimum absolute atomic E-state index is 0.0602. The van der Waals surface area contributed by atoms with E-state index in [4.69, 9.17) is 9.47 Å². The highest BCUT2D eigenvalue weighted by Gasteiger charge is 2.53. The van der Waals surface area contributed by atoms with E-state index in [2.05, 4.69) is 0 Å². The van der Waals surface area contributed by atoms with Crippen LogP contribution >= 0.6 is 0 Å². The Labute approximate surface area is 128 Å². The van der Waals surface area contributed by atoms with Crippen LogP contribution in [-0.2, 0) is 19.1 Å². The molecule has 0 bridgehead atoms. The van der Waals surface area contributed by atoms with E-state index < -0.39 is 5.41 Å². The van der Waals surface area contributed by atoms with Gasteiger partial charge in [0.15, 0.2) is 5.41 Å². The van der Waals surface area contributed by atoms with Crippen LogP contribution in [0, 0.1) is 11.3 Å². The second-order valence-electron chi connectivity index (χ2n) is 5.93. The monoisotopic (exact) mass is 298 g/mol. The van der Waals surface area contributed by atoms with Crippen molar-refractivity contribution in [3.63, 3.8) is 0 Å². The summed E-state index contributed by atoms with van der Waals surface area (Å²) in [6, 6.07) is 0. The molecule has 1 saturated carbocycles. The van der Waals surface area contributed by atoms with E-state index in [1.54, 1.807) is 0 Å². The molecule has 0 atom stereocenters. The zero-order valence-electron chi connectivity index (χ0n) is 13.8. The van der Waals surface area contributed by atoms with Crippen molar-refractivity contribution < 1.29 is 19.1 Å². The second-order valence-corrected chi connectivity index (χ2v) is 5.93. The van der Waals surface area contributed by atoms with Gasteiger partial charge in [-0.15, -0.1) is 0 Å². The lowest BCUT2D eigenvalue weighted by atomic mass is 9.67. The molecule has 1 fully saturated rings. The largest absolute Gasteiger partial charge is 0.465 e. The molecule has 0 aromatic carbocycles. The minimum atomic E-state index is -1.09. The summed E-state index contributed by atoms with van der Waals surface area (Å²) in [5.41, 5.74) is -1.09. The van der Waals surface area contributed by atoms with Gasteiger partial charge in [0.25, 0.3) is 0 Å². The van der Waals surface area contributed by atoms with Crippen LogP contribution in [0.3, 0.4) is 0 Å². The number of carbonyl (C=O) groups is 2. The second kappa shape index (κ2) is 9.06. The van der Waals surface area contributed by atoms with Gasteiger partial charge >= 0.3 is 11.9 Å². The number of ether oxygens (including phenoxy) is 2.